The van der Waals surface area contributed by atoms with Crippen LogP contribution < -0.4 is 10.2 Å². The first-order valence-corrected chi connectivity index (χ1v) is 13.4. The fourth-order valence-corrected chi connectivity index (χ4v) is 6.25. The third-order valence-corrected chi connectivity index (χ3v) is 8.73. The van der Waals surface area contributed by atoms with Crippen molar-refractivity contribution in [2.75, 3.05) is 36.4 Å². The number of nitrogens with zero attached hydrogens (tertiary/aromatic N) is 3. The molecule has 1 N–H and O–H groups in total. The number of pyridine rings is 1. The normalized spacial score (nSPS) is 14.9. The molecule has 0 amide bonds. The zero-order valence-corrected chi connectivity index (χ0v) is 21.3. The second kappa shape index (κ2) is 9.54. The number of anilines is 3. The number of sulfonamides is 1. The topological polar surface area (TPSA) is 65.5 Å². The average molecular weight is 558 g/mol. The van der Waals surface area contributed by atoms with Crippen LogP contribution >= 0.6 is 27.5 Å². The zero-order valence-electron chi connectivity index (χ0n) is 18.2. The smallest absolute Gasteiger partial charge is 0.243 e. The van der Waals surface area contributed by atoms with Gasteiger partial charge in [-0.15, -0.1) is 0 Å². The van der Waals surface area contributed by atoms with Gasteiger partial charge in [-0.05, 0) is 76.6 Å². The Bertz CT molecular complexity index is 1440. The molecule has 174 valence electrons. The van der Waals surface area contributed by atoms with Crippen molar-refractivity contribution in [2.45, 2.75) is 4.90 Å². The van der Waals surface area contributed by atoms with Crippen molar-refractivity contribution in [3.05, 3.63) is 88.5 Å². The van der Waals surface area contributed by atoms with Crippen molar-refractivity contribution in [3.63, 3.8) is 0 Å². The summed E-state index contributed by atoms with van der Waals surface area (Å²) >= 11 is 9.66. The van der Waals surface area contributed by atoms with Crippen LogP contribution in [0.1, 0.15) is 0 Å². The Morgan fingerprint density at radius 1 is 0.912 bits per heavy atom. The third kappa shape index (κ3) is 4.63. The molecule has 1 aromatic heterocycles. The molecule has 1 fully saturated rings. The van der Waals surface area contributed by atoms with Crippen LogP contribution in [0.4, 0.5) is 17.1 Å². The van der Waals surface area contributed by atoms with Crippen LogP contribution in [0.5, 0.6) is 0 Å². The van der Waals surface area contributed by atoms with E-state index in [2.05, 4.69) is 31.1 Å². The summed E-state index contributed by atoms with van der Waals surface area (Å²) in [5.74, 6) is 0. The van der Waals surface area contributed by atoms with Crippen LogP contribution in [0.25, 0.3) is 10.9 Å². The van der Waals surface area contributed by atoms with Crippen LogP contribution in [0, 0.1) is 0 Å². The van der Waals surface area contributed by atoms with Gasteiger partial charge in [-0.3, -0.25) is 4.98 Å². The van der Waals surface area contributed by atoms with E-state index in [-0.39, 0.29) is 0 Å². The van der Waals surface area contributed by atoms with Crippen LogP contribution in [0.15, 0.2) is 88.4 Å². The van der Waals surface area contributed by atoms with E-state index in [1.165, 1.54) is 0 Å². The van der Waals surface area contributed by atoms with E-state index in [9.17, 15) is 8.42 Å². The van der Waals surface area contributed by atoms with Crippen molar-refractivity contribution < 1.29 is 8.42 Å². The van der Waals surface area contributed by atoms with Crippen molar-refractivity contribution in [2.24, 2.45) is 0 Å². The fourth-order valence-electron chi connectivity index (χ4n) is 4.12. The molecular formula is C25H22BrClN4O2S. The number of para-hydroxylation sites is 1. The molecule has 1 saturated heterocycles. The summed E-state index contributed by atoms with van der Waals surface area (Å²) in [6.07, 6.45) is 1.72. The van der Waals surface area contributed by atoms with Crippen LogP contribution in [-0.2, 0) is 10.0 Å². The number of hydrogen-bond acceptors (Lipinski definition) is 5. The molecule has 2 heterocycles. The minimum atomic E-state index is -3.56. The second-order valence-electron chi connectivity index (χ2n) is 8.01. The first-order chi connectivity index (χ1) is 16.4. The highest BCUT2D eigenvalue weighted by atomic mass is 79.9. The summed E-state index contributed by atoms with van der Waals surface area (Å²) in [5.41, 5.74) is 3.54. The van der Waals surface area contributed by atoms with Gasteiger partial charge >= 0.3 is 0 Å². The molecule has 9 heteroatoms. The molecule has 0 aliphatic carbocycles. The molecule has 0 bridgehead atoms. The lowest BCUT2D eigenvalue weighted by Crippen LogP contribution is -2.48. The maximum absolute atomic E-state index is 13.2. The fraction of sp³-hybridized carbons (Fsp3) is 0.160. The lowest BCUT2D eigenvalue weighted by atomic mass is 10.2. The van der Waals surface area contributed by atoms with Crippen LogP contribution in [0.2, 0.25) is 5.02 Å². The predicted octanol–water partition coefficient (Wildman–Crippen LogP) is 5.91. The Morgan fingerprint density at radius 3 is 2.38 bits per heavy atom. The molecular weight excluding hydrogens is 536 g/mol. The first-order valence-electron chi connectivity index (χ1n) is 10.8. The van der Waals surface area contributed by atoms with Crippen molar-refractivity contribution in [3.8, 4) is 0 Å². The van der Waals surface area contributed by atoms with E-state index < -0.39 is 10.0 Å². The number of benzene rings is 3. The molecule has 0 radical (unpaired) electrons. The molecule has 1 aliphatic heterocycles. The molecule has 34 heavy (non-hydrogen) atoms. The molecule has 5 rings (SSSR count). The van der Waals surface area contributed by atoms with E-state index in [4.69, 9.17) is 11.6 Å². The Kier molecular flexibility index (Phi) is 6.48. The average Bonchev–Trinajstić information content (AvgIpc) is 2.85. The summed E-state index contributed by atoms with van der Waals surface area (Å²) in [4.78, 5) is 6.85. The highest BCUT2D eigenvalue weighted by Crippen LogP contribution is 2.30. The predicted molar refractivity (Wildman–Crippen MR) is 142 cm³/mol. The van der Waals surface area contributed by atoms with Crippen LogP contribution in [0.3, 0.4) is 0 Å². The van der Waals surface area contributed by atoms with E-state index in [1.54, 1.807) is 34.8 Å². The molecule has 1 aliphatic rings. The summed E-state index contributed by atoms with van der Waals surface area (Å²) in [6, 6.07) is 22.3. The minimum absolute atomic E-state index is 0.291. The second-order valence-corrected chi connectivity index (χ2v) is 11.2. The molecule has 3 aromatic carbocycles. The maximum Gasteiger partial charge on any atom is 0.243 e. The Balaban J connectivity index is 1.29. The SMILES string of the molecule is O=S(=O)(c1ccc(Nc2ccnc3cc(Cl)ccc23)cc1)N1CCN(c2ccccc2Br)CC1. The van der Waals surface area contributed by atoms with Gasteiger partial charge in [0.2, 0.25) is 10.0 Å². The van der Waals surface area contributed by atoms with Crippen molar-refractivity contribution in [1.29, 1.82) is 0 Å². The zero-order chi connectivity index (χ0) is 23.7. The van der Waals surface area contributed by atoms with Gasteiger partial charge < -0.3 is 10.2 Å². The molecule has 4 aromatic rings. The number of halogens is 2. The lowest BCUT2D eigenvalue weighted by Gasteiger charge is -2.35. The lowest BCUT2D eigenvalue weighted by molar-refractivity contribution is 0.385. The number of nitrogens with one attached hydrogen (secondary N) is 1. The monoisotopic (exact) mass is 556 g/mol. The highest BCUT2D eigenvalue weighted by Gasteiger charge is 2.29. The van der Waals surface area contributed by atoms with Gasteiger partial charge in [0.25, 0.3) is 0 Å². The quantitative estimate of drug-likeness (QED) is 0.331. The summed E-state index contributed by atoms with van der Waals surface area (Å²) < 4.78 is 29.0. The van der Waals surface area contributed by atoms with E-state index in [0.29, 0.717) is 36.1 Å². The van der Waals surface area contributed by atoms with Gasteiger partial charge in [0.05, 0.1) is 16.1 Å². The first kappa shape index (κ1) is 23.1. The number of aromatic nitrogens is 1. The summed E-state index contributed by atoms with van der Waals surface area (Å²) in [7, 11) is -3.56. The summed E-state index contributed by atoms with van der Waals surface area (Å²) in [6.45, 7) is 2.16. The Labute approximate surface area is 212 Å². The minimum Gasteiger partial charge on any atom is -0.368 e. The van der Waals surface area contributed by atoms with Gasteiger partial charge in [0.15, 0.2) is 0 Å². The van der Waals surface area contributed by atoms with E-state index >= 15 is 0 Å². The number of fused-ring (bicyclic) bond motifs is 1. The molecule has 0 atom stereocenters. The highest BCUT2D eigenvalue weighted by molar-refractivity contribution is 9.10. The third-order valence-electron chi connectivity index (χ3n) is 5.91. The molecule has 0 unspecified atom stereocenters. The summed E-state index contributed by atoms with van der Waals surface area (Å²) in [5, 5.41) is 4.92. The molecule has 0 spiro atoms. The van der Waals surface area contributed by atoms with Gasteiger partial charge in [-0.25, -0.2) is 8.42 Å². The number of rotatable bonds is 5. The van der Waals surface area contributed by atoms with E-state index in [1.807, 2.05) is 48.5 Å². The number of piperazine rings is 1. The van der Waals surface area contributed by atoms with Crippen LogP contribution in [-0.4, -0.2) is 43.9 Å². The Morgan fingerprint density at radius 2 is 1.65 bits per heavy atom. The van der Waals surface area contributed by atoms with Gasteiger partial charge in [-0.2, -0.15) is 4.31 Å². The molecule has 0 saturated carbocycles. The maximum atomic E-state index is 13.2. The van der Waals surface area contributed by atoms with E-state index in [0.717, 1.165) is 32.4 Å². The van der Waals surface area contributed by atoms with Crippen molar-refractivity contribution in [1.82, 2.24) is 9.29 Å². The van der Waals surface area contributed by atoms with Gasteiger partial charge in [0.1, 0.15) is 0 Å². The Hall–Kier alpha value is -2.65. The van der Waals surface area contributed by atoms with Gasteiger partial charge in [0, 0.05) is 58.6 Å². The standard InChI is InChI=1S/C25H22BrClN4O2S/c26-22-3-1-2-4-25(22)30-13-15-31(16-14-30)34(32,33)20-8-6-19(7-9-20)29-23-11-12-28-24-17-18(27)5-10-21(23)24/h1-12,17H,13-16H2,(H,28,29). The largest absolute Gasteiger partial charge is 0.368 e. The molecule has 6 nitrogen and oxygen atoms in total. The van der Waals surface area contributed by atoms with Crippen molar-refractivity contribution >= 4 is 65.5 Å². The van der Waals surface area contributed by atoms with Gasteiger partial charge in [-0.1, -0.05) is 23.7 Å². The number of hydrogen-bond donors (Lipinski definition) is 1.